The number of carboxylic acids is 1. The molecule has 1 aliphatic heterocycles. The number of carbonyl (C=O) groups is 1. The fourth-order valence-corrected chi connectivity index (χ4v) is 3.97. The number of fused-ring (bicyclic) bond motifs is 1. The van der Waals surface area contributed by atoms with E-state index in [0.29, 0.717) is 11.1 Å². The first-order valence-electron chi connectivity index (χ1n) is 10.5. The molecule has 0 saturated heterocycles. The average molecular weight is 420 g/mol. The molecular weight excluding hydrogens is 395 g/mol. The number of hydrogen-bond donors (Lipinski definition) is 1. The summed E-state index contributed by atoms with van der Waals surface area (Å²) in [7, 11) is 0. The van der Waals surface area contributed by atoms with Gasteiger partial charge in [-0.15, -0.1) is 0 Å². The second-order valence-corrected chi connectivity index (χ2v) is 7.75. The lowest BCUT2D eigenvalue weighted by Crippen LogP contribution is -2.29. The van der Waals surface area contributed by atoms with Gasteiger partial charge in [0.1, 0.15) is 18.2 Å². The predicted molar refractivity (Wildman–Crippen MR) is 117 cm³/mol. The monoisotopic (exact) mass is 420 g/mol. The number of aryl methyl sites for hydroxylation is 2. The van der Waals surface area contributed by atoms with E-state index < -0.39 is 11.8 Å². The minimum atomic E-state index is -0.933. The second kappa shape index (κ2) is 9.60. The molecule has 1 N–H and O–H groups in total. The van der Waals surface area contributed by atoms with Gasteiger partial charge in [0.25, 0.3) is 0 Å². The van der Waals surface area contributed by atoms with Gasteiger partial charge < -0.3 is 14.7 Å². The maximum Gasteiger partial charge on any atom is 0.303 e. The molecule has 2 heterocycles. The molecule has 0 fully saturated rings. The third-order valence-corrected chi connectivity index (χ3v) is 5.52. The molecule has 5 nitrogen and oxygen atoms in total. The number of aromatic nitrogens is 1. The van der Waals surface area contributed by atoms with Crippen molar-refractivity contribution >= 4 is 11.7 Å². The first kappa shape index (κ1) is 20.8. The van der Waals surface area contributed by atoms with Crippen molar-refractivity contribution in [2.24, 2.45) is 0 Å². The van der Waals surface area contributed by atoms with Crippen molar-refractivity contribution < 1.29 is 19.0 Å². The van der Waals surface area contributed by atoms with Crippen LogP contribution in [0.15, 0.2) is 60.9 Å². The summed E-state index contributed by atoms with van der Waals surface area (Å²) in [5.74, 6) is -0.532. The molecule has 2 aromatic carbocycles. The Balaban J connectivity index is 1.49. The van der Waals surface area contributed by atoms with Crippen LogP contribution in [0.3, 0.4) is 0 Å². The van der Waals surface area contributed by atoms with E-state index >= 15 is 0 Å². The smallest absolute Gasteiger partial charge is 0.303 e. The van der Waals surface area contributed by atoms with Crippen LogP contribution < -0.4 is 9.64 Å². The summed E-state index contributed by atoms with van der Waals surface area (Å²) >= 11 is 0. The number of ether oxygens (including phenoxy) is 1. The average Bonchev–Trinajstić information content (AvgIpc) is 2.77. The van der Waals surface area contributed by atoms with Gasteiger partial charge in [-0.3, -0.25) is 9.78 Å². The zero-order valence-corrected chi connectivity index (χ0v) is 17.3. The lowest BCUT2D eigenvalue weighted by molar-refractivity contribution is -0.136. The van der Waals surface area contributed by atoms with Gasteiger partial charge in [-0.1, -0.05) is 24.3 Å². The quantitative estimate of drug-likeness (QED) is 0.569. The van der Waals surface area contributed by atoms with Crippen molar-refractivity contribution in [1.82, 2.24) is 4.98 Å². The summed E-state index contributed by atoms with van der Waals surface area (Å²) in [6, 6.07) is 15.0. The number of rotatable bonds is 8. The van der Waals surface area contributed by atoms with E-state index in [1.54, 1.807) is 24.5 Å². The lowest BCUT2D eigenvalue weighted by atomic mass is 10.0. The number of carboxylic acid groups (broad SMARTS) is 1. The largest absolute Gasteiger partial charge is 0.487 e. The molecule has 160 valence electrons. The number of para-hydroxylation sites is 1. The molecule has 0 aliphatic carbocycles. The lowest BCUT2D eigenvalue weighted by Gasteiger charge is -2.33. The third-order valence-electron chi connectivity index (χ3n) is 5.52. The number of aliphatic carboxylic acids is 1. The zero-order valence-electron chi connectivity index (χ0n) is 17.3. The Morgan fingerprint density at radius 1 is 1.13 bits per heavy atom. The summed E-state index contributed by atoms with van der Waals surface area (Å²) in [6.07, 6.45) is 5.79. The van der Waals surface area contributed by atoms with Crippen LogP contribution in [0.1, 0.15) is 35.1 Å². The molecule has 0 unspecified atom stereocenters. The van der Waals surface area contributed by atoms with Crippen LogP contribution in [0.5, 0.6) is 5.75 Å². The van der Waals surface area contributed by atoms with Crippen molar-refractivity contribution in [3.8, 4) is 5.75 Å². The second-order valence-electron chi connectivity index (χ2n) is 7.75. The normalized spacial score (nSPS) is 13.0. The summed E-state index contributed by atoms with van der Waals surface area (Å²) in [5.41, 5.74) is 4.67. The van der Waals surface area contributed by atoms with Crippen molar-refractivity contribution in [2.45, 2.75) is 38.8 Å². The Morgan fingerprint density at radius 2 is 1.97 bits per heavy atom. The fraction of sp³-hybridized carbons (Fsp3) is 0.280. The fourth-order valence-electron chi connectivity index (χ4n) is 3.97. The number of pyridine rings is 1. The molecule has 0 saturated carbocycles. The Labute approximate surface area is 181 Å². The van der Waals surface area contributed by atoms with Crippen molar-refractivity contribution in [1.29, 1.82) is 0 Å². The molecule has 1 aliphatic rings. The van der Waals surface area contributed by atoms with E-state index in [-0.39, 0.29) is 19.4 Å². The Bertz CT molecular complexity index is 1060. The number of nitrogens with zero attached hydrogens (tertiary/aromatic N) is 2. The zero-order chi connectivity index (χ0) is 21.6. The molecule has 1 aromatic heterocycles. The Hall–Kier alpha value is -3.41. The standard InChI is InChI=1S/C25H25FN2O3/c26-22-15-19(6-7-20(22)8-9-24(29)30)17-31-23-5-1-3-21-4-2-14-28(25(21)23)16-18-10-12-27-13-11-18/h1,3,5-7,10-13,15H,2,4,8-9,14,16-17H2,(H,29,30). The first-order valence-corrected chi connectivity index (χ1v) is 10.5. The van der Waals surface area contributed by atoms with E-state index in [4.69, 9.17) is 9.84 Å². The van der Waals surface area contributed by atoms with Crippen LogP contribution in [0.2, 0.25) is 0 Å². The van der Waals surface area contributed by atoms with Gasteiger partial charge in [-0.2, -0.15) is 0 Å². The van der Waals surface area contributed by atoms with Gasteiger partial charge in [-0.05, 0) is 65.8 Å². The molecule has 6 heteroatoms. The third kappa shape index (κ3) is 5.20. The molecule has 3 aromatic rings. The summed E-state index contributed by atoms with van der Waals surface area (Å²) in [4.78, 5) is 17.1. The van der Waals surface area contributed by atoms with Crippen LogP contribution in [0.4, 0.5) is 10.1 Å². The molecule has 0 atom stereocenters. The first-order chi connectivity index (χ1) is 15.1. The van der Waals surface area contributed by atoms with E-state index in [9.17, 15) is 9.18 Å². The van der Waals surface area contributed by atoms with Crippen LogP contribution in [0, 0.1) is 5.82 Å². The summed E-state index contributed by atoms with van der Waals surface area (Å²) in [6.45, 7) is 1.97. The van der Waals surface area contributed by atoms with Gasteiger partial charge in [0.2, 0.25) is 0 Å². The highest BCUT2D eigenvalue weighted by molar-refractivity contribution is 5.67. The number of hydrogen-bond acceptors (Lipinski definition) is 4. The molecule has 0 bridgehead atoms. The number of anilines is 1. The molecule has 0 radical (unpaired) electrons. The van der Waals surface area contributed by atoms with Gasteiger partial charge >= 0.3 is 5.97 Å². The predicted octanol–water partition coefficient (Wildman–Crippen LogP) is 4.77. The van der Waals surface area contributed by atoms with Crippen molar-refractivity contribution in [3.05, 3.63) is 89.0 Å². The van der Waals surface area contributed by atoms with E-state index in [0.717, 1.165) is 37.4 Å². The molecule has 0 spiro atoms. The van der Waals surface area contributed by atoms with Gasteiger partial charge in [0.15, 0.2) is 0 Å². The molecule has 0 amide bonds. The SMILES string of the molecule is O=C(O)CCc1ccc(COc2cccc3c2N(Cc2ccncc2)CCC3)cc1F. The van der Waals surface area contributed by atoms with Crippen molar-refractivity contribution in [2.75, 3.05) is 11.4 Å². The van der Waals surface area contributed by atoms with Crippen LogP contribution in [-0.2, 0) is 30.8 Å². The maximum atomic E-state index is 14.3. The highest BCUT2D eigenvalue weighted by Gasteiger charge is 2.21. The van der Waals surface area contributed by atoms with Crippen LogP contribution >= 0.6 is 0 Å². The van der Waals surface area contributed by atoms with Crippen molar-refractivity contribution in [3.63, 3.8) is 0 Å². The van der Waals surface area contributed by atoms with Crippen LogP contribution in [-0.4, -0.2) is 22.6 Å². The van der Waals surface area contributed by atoms with E-state index in [1.165, 1.54) is 17.2 Å². The minimum Gasteiger partial charge on any atom is -0.487 e. The molecule has 4 rings (SSSR count). The van der Waals surface area contributed by atoms with Gasteiger partial charge in [0.05, 0.1) is 5.69 Å². The topological polar surface area (TPSA) is 62.7 Å². The van der Waals surface area contributed by atoms with Gasteiger partial charge in [0, 0.05) is 31.9 Å². The summed E-state index contributed by atoms with van der Waals surface area (Å²) in [5, 5.41) is 8.79. The van der Waals surface area contributed by atoms with E-state index in [1.807, 2.05) is 24.3 Å². The van der Waals surface area contributed by atoms with Crippen LogP contribution in [0.25, 0.3) is 0 Å². The summed E-state index contributed by atoms with van der Waals surface area (Å²) < 4.78 is 20.5. The Morgan fingerprint density at radius 3 is 2.74 bits per heavy atom. The highest BCUT2D eigenvalue weighted by atomic mass is 19.1. The maximum absolute atomic E-state index is 14.3. The minimum absolute atomic E-state index is 0.0871. The molecule has 31 heavy (non-hydrogen) atoms. The number of halogens is 1. The van der Waals surface area contributed by atoms with E-state index in [2.05, 4.69) is 16.0 Å². The van der Waals surface area contributed by atoms with Gasteiger partial charge in [-0.25, -0.2) is 4.39 Å². The molecular formula is C25H25FN2O3. The Kier molecular flexibility index (Phi) is 6.46. The highest BCUT2D eigenvalue weighted by Crippen LogP contribution is 2.37. The number of benzene rings is 2.